The molecule has 1 aliphatic carbocycles. The molecule has 2 heterocycles. The second-order valence-corrected chi connectivity index (χ2v) is 8.48. The highest BCUT2D eigenvalue weighted by Crippen LogP contribution is 2.37. The summed E-state index contributed by atoms with van der Waals surface area (Å²) in [5.41, 5.74) is 6.33. The van der Waals surface area contributed by atoms with E-state index in [1.165, 1.54) is 0 Å². The molecule has 0 atom stereocenters. The van der Waals surface area contributed by atoms with Crippen LogP contribution in [0.2, 0.25) is 0 Å². The van der Waals surface area contributed by atoms with Crippen LogP contribution in [0, 0.1) is 0 Å². The second-order valence-electron chi connectivity index (χ2n) is 7.15. The Bertz CT molecular complexity index is 1050. The zero-order valence-electron chi connectivity index (χ0n) is 16.1. The minimum Gasteiger partial charge on any atom is -0.466 e. The average Bonchev–Trinajstić information content (AvgIpc) is 3.18. The largest absolute Gasteiger partial charge is 0.466 e. The predicted molar refractivity (Wildman–Crippen MR) is 121 cm³/mol. The molecule has 0 bridgehead atoms. The van der Waals surface area contributed by atoms with Gasteiger partial charge in [-0.1, -0.05) is 34.2 Å². The van der Waals surface area contributed by atoms with Crippen molar-refractivity contribution in [2.75, 3.05) is 11.9 Å². The quantitative estimate of drug-likeness (QED) is 0.360. The maximum Gasteiger partial charge on any atom is 0.306 e. The summed E-state index contributed by atoms with van der Waals surface area (Å²) in [6.07, 6.45) is 4.93. The van der Waals surface area contributed by atoms with Gasteiger partial charge in [0.05, 0.1) is 6.61 Å². The first-order valence-electron chi connectivity index (χ1n) is 9.73. The summed E-state index contributed by atoms with van der Waals surface area (Å²) in [6, 6.07) is 5.99. The van der Waals surface area contributed by atoms with Gasteiger partial charge in [-0.3, -0.25) is 9.59 Å². The van der Waals surface area contributed by atoms with Crippen molar-refractivity contribution in [2.24, 2.45) is 0 Å². The van der Waals surface area contributed by atoms with Crippen molar-refractivity contribution >= 4 is 62.2 Å². The number of fused-ring (bicyclic) bond motifs is 2. The number of aromatic amines is 1. The molecule has 7 heteroatoms. The molecule has 2 aromatic rings. The molecule has 0 radical (unpaired) electrons. The number of aromatic nitrogens is 1. The number of benzene rings is 1. The Morgan fingerprint density at radius 2 is 2.17 bits per heavy atom. The highest BCUT2D eigenvalue weighted by Gasteiger charge is 2.27. The van der Waals surface area contributed by atoms with Gasteiger partial charge in [0.2, 0.25) is 0 Å². The average molecular weight is 473 g/mol. The number of Topliss-reactive ketones (excluding diaryl/α,β-unsaturated/α-hetero) is 1. The van der Waals surface area contributed by atoms with Gasteiger partial charge < -0.3 is 15.0 Å². The van der Waals surface area contributed by atoms with Crippen molar-refractivity contribution < 1.29 is 14.3 Å². The summed E-state index contributed by atoms with van der Waals surface area (Å²) in [5, 5.41) is 3.24. The number of nitrogens with one attached hydrogen (secondary N) is 2. The van der Waals surface area contributed by atoms with E-state index in [4.69, 9.17) is 17.0 Å². The lowest BCUT2D eigenvalue weighted by Gasteiger charge is -2.11. The summed E-state index contributed by atoms with van der Waals surface area (Å²) in [6.45, 7) is 2.14. The summed E-state index contributed by atoms with van der Waals surface area (Å²) >= 11 is 9.04. The summed E-state index contributed by atoms with van der Waals surface area (Å²) in [7, 11) is 0. The predicted octanol–water partition coefficient (Wildman–Crippen LogP) is 5.09. The maximum absolute atomic E-state index is 12.6. The lowest BCUT2D eigenvalue weighted by atomic mass is 9.91. The van der Waals surface area contributed by atoms with E-state index in [9.17, 15) is 9.59 Å². The minimum atomic E-state index is -0.252. The Morgan fingerprint density at radius 1 is 1.34 bits per heavy atom. The lowest BCUT2D eigenvalue weighted by Crippen LogP contribution is -2.12. The van der Waals surface area contributed by atoms with Crippen LogP contribution in [0.3, 0.4) is 0 Å². The van der Waals surface area contributed by atoms with Crippen molar-refractivity contribution in [1.82, 2.24) is 4.98 Å². The first-order valence-corrected chi connectivity index (χ1v) is 10.9. The molecule has 0 unspecified atom stereocenters. The molecule has 0 spiro atoms. The van der Waals surface area contributed by atoms with E-state index < -0.39 is 0 Å². The number of rotatable bonds is 5. The zero-order valence-corrected chi connectivity index (χ0v) is 18.5. The van der Waals surface area contributed by atoms with Gasteiger partial charge in [0.25, 0.3) is 0 Å². The first-order chi connectivity index (χ1) is 14.0. The molecule has 29 heavy (non-hydrogen) atoms. The molecule has 1 aromatic heterocycles. The monoisotopic (exact) mass is 472 g/mol. The summed E-state index contributed by atoms with van der Waals surface area (Å²) < 4.78 is 6.05. The third kappa shape index (κ3) is 3.94. The molecule has 0 saturated heterocycles. The number of H-pyrrole nitrogens is 1. The number of ketones is 1. The van der Waals surface area contributed by atoms with Gasteiger partial charge in [-0.05, 0) is 50.0 Å². The van der Waals surface area contributed by atoms with Crippen LogP contribution in [0.15, 0.2) is 22.7 Å². The number of hydrogen-bond acceptors (Lipinski definition) is 4. The van der Waals surface area contributed by atoms with Gasteiger partial charge >= 0.3 is 5.97 Å². The maximum atomic E-state index is 12.6. The number of hydrogen-bond donors (Lipinski definition) is 2. The summed E-state index contributed by atoms with van der Waals surface area (Å²) in [5.74, 6) is -0.111. The first kappa shape index (κ1) is 20.0. The van der Waals surface area contributed by atoms with Gasteiger partial charge in [0, 0.05) is 51.1 Å². The van der Waals surface area contributed by atoms with E-state index in [1.807, 2.05) is 24.3 Å². The van der Waals surface area contributed by atoms with Crippen molar-refractivity contribution in [2.45, 2.75) is 39.0 Å². The Morgan fingerprint density at radius 3 is 2.97 bits per heavy atom. The van der Waals surface area contributed by atoms with Crippen LogP contribution < -0.4 is 5.32 Å². The van der Waals surface area contributed by atoms with Crippen molar-refractivity contribution in [3.63, 3.8) is 0 Å². The number of anilines is 1. The topological polar surface area (TPSA) is 71.2 Å². The van der Waals surface area contributed by atoms with E-state index in [-0.39, 0.29) is 18.2 Å². The van der Waals surface area contributed by atoms with E-state index in [2.05, 4.69) is 26.2 Å². The molecule has 150 valence electrons. The number of ether oxygens (including phenoxy) is 1. The minimum absolute atomic E-state index is 0.141. The lowest BCUT2D eigenvalue weighted by molar-refractivity contribution is -0.143. The number of aryl methyl sites for hydroxylation is 1. The smallest absolute Gasteiger partial charge is 0.306 e. The third-order valence-corrected chi connectivity index (χ3v) is 6.08. The molecule has 2 N–H and O–H groups in total. The van der Waals surface area contributed by atoms with Crippen LogP contribution in [-0.4, -0.2) is 28.3 Å². The third-order valence-electron chi connectivity index (χ3n) is 5.26. The Balaban J connectivity index is 1.76. The molecule has 1 aromatic carbocycles. The fourth-order valence-corrected chi connectivity index (χ4v) is 4.63. The van der Waals surface area contributed by atoms with Crippen LogP contribution in [0.4, 0.5) is 5.69 Å². The van der Waals surface area contributed by atoms with Gasteiger partial charge in [-0.25, -0.2) is 0 Å². The van der Waals surface area contributed by atoms with Crippen molar-refractivity contribution in [3.8, 4) is 0 Å². The Labute approximate surface area is 183 Å². The molecule has 0 saturated carbocycles. The van der Waals surface area contributed by atoms with Gasteiger partial charge in [-0.15, -0.1) is 0 Å². The van der Waals surface area contributed by atoms with E-state index >= 15 is 0 Å². The van der Waals surface area contributed by atoms with Crippen LogP contribution in [0.1, 0.15) is 59.1 Å². The van der Waals surface area contributed by atoms with Crippen LogP contribution in [0.5, 0.6) is 0 Å². The van der Waals surface area contributed by atoms with Gasteiger partial charge in [-0.2, -0.15) is 0 Å². The Hall–Kier alpha value is -2.25. The van der Waals surface area contributed by atoms with Gasteiger partial charge in [0.1, 0.15) is 4.99 Å². The fourth-order valence-electron chi connectivity index (χ4n) is 3.99. The SMILES string of the molecule is CCOC(=O)CCc1c(/C=C2\C(=S)Nc3cc(Br)ccc32)[nH]c2c1C(=O)CCC2. The molecule has 2 aliphatic rings. The molecular formula is C22H21BrN2O3S. The highest BCUT2D eigenvalue weighted by atomic mass is 79.9. The van der Waals surface area contributed by atoms with Crippen molar-refractivity contribution in [1.29, 1.82) is 0 Å². The van der Waals surface area contributed by atoms with Crippen LogP contribution in [0.25, 0.3) is 11.6 Å². The van der Waals surface area contributed by atoms with Crippen molar-refractivity contribution in [3.05, 3.63) is 50.8 Å². The molecule has 4 rings (SSSR count). The Kier molecular flexibility index (Phi) is 5.69. The number of carbonyl (C=O) groups is 2. The zero-order chi connectivity index (χ0) is 20.5. The number of esters is 1. The molecular weight excluding hydrogens is 452 g/mol. The highest BCUT2D eigenvalue weighted by molar-refractivity contribution is 9.10. The second kappa shape index (κ2) is 8.24. The van der Waals surface area contributed by atoms with E-state index in [0.717, 1.165) is 56.7 Å². The normalized spacial score (nSPS) is 16.6. The van der Waals surface area contributed by atoms with Gasteiger partial charge in [0.15, 0.2) is 5.78 Å². The summed E-state index contributed by atoms with van der Waals surface area (Å²) in [4.78, 5) is 28.6. The van der Waals surface area contributed by atoms with Crippen LogP contribution in [-0.2, 0) is 22.4 Å². The van der Waals surface area contributed by atoms with Crippen LogP contribution >= 0.6 is 28.1 Å². The fraction of sp³-hybridized carbons (Fsp3) is 0.318. The number of thiocarbonyl (C=S) groups is 1. The van der Waals surface area contributed by atoms with E-state index in [0.29, 0.717) is 24.4 Å². The molecule has 0 fully saturated rings. The number of halogens is 1. The molecule has 1 aliphatic heterocycles. The standard InChI is InChI=1S/C22H21BrN2O3S/c1-2-28-20(27)9-8-14-18(24-16-4-3-5-19(26)21(14)16)11-15-13-7-6-12(23)10-17(13)25-22(15)29/h6-7,10-11,24H,2-5,8-9H2,1H3,(H,25,29)/b15-11-. The van der Waals surface area contributed by atoms with E-state index in [1.54, 1.807) is 6.92 Å². The molecule has 0 amide bonds. The molecule has 5 nitrogen and oxygen atoms in total. The number of carbonyl (C=O) groups excluding carboxylic acids is 2.